The summed E-state index contributed by atoms with van der Waals surface area (Å²) in [6.07, 6.45) is -4.46. The van der Waals surface area contributed by atoms with E-state index in [4.69, 9.17) is 14.4 Å². The average Bonchev–Trinajstić information content (AvgIpc) is 3.81. The smallest absolute Gasteiger partial charge is 0.416 e. The van der Waals surface area contributed by atoms with Crippen molar-refractivity contribution in [3.63, 3.8) is 0 Å². The molecule has 0 aliphatic rings. The second kappa shape index (κ2) is 17.6. The van der Waals surface area contributed by atoms with E-state index in [0.717, 1.165) is 101 Å². The number of nitriles is 1. The van der Waals surface area contributed by atoms with Crippen LogP contribution in [0.2, 0.25) is 0 Å². The van der Waals surface area contributed by atoms with Gasteiger partial charge in [0.15, 0.2) is 5.82 Å². The third-order valence-electron chi connectivity index (χ3n) is 13.1. The molecule has 0 aliphatic carbocycles. The molecule has 4 nitrogen and oxygen atoms in total. The molecule has 0 radical (unpaired) electrons. The van der Waals surface area contributed by atoms with Gasteiger partial charge in [0.1, 0.15) is 11.2 Å². The fourth-order valence-electron chi connectivity index (χ4n) is 9.64. The molecule has 0 unspecified atom stereocenters. The van der Waals surface area contributed by atoms with Gasteiger partial charge in [-0.05, 0) is 145 Å². The summed E-state index contributed by atoms with van der Waals surface area (Å²) in [5.74, 6) is 0.547. The number of rotatable bonds is 8. The van der Waals surface area contributed by atoms with Crippen LogP contribution in [-0.2, 0) is 6.18 Å². The summed E-state index contributed by atoms with van der Waals surface area (Å²) in [5, 5.41) is 14.2. The normalized spacial score (nSPS) is 11.6. The van der Waals surface area contributed by atoms with Gasteiger partial charge in [0.2, 0.25) is 0 Å². The summed E-state index contributed by atoms with van der Waals surface area (Å²) in [5.41, 5.74) is 14.1. The van der Waals surface area contributed by atoms with E-state index in [-0.39, 0.29) is 0 Å². The van der Waals surface area contributed by atoms with Gasteiger partial charge in [0.05, 0.1) is 28.6 Å². The van der Waals surface area contributed by atoms with E-state index in [1.807, 2.05) is 109 Å². The molecule has 2 heterocycles. The molecular weight excluding hydrogens is 884 g/mol. The van der Waals surface area contributed by atoms with Crippen LogP contribution >= 0.6 is 0 Å². The Balaban J connectivity index is 0.971. The number of alkyl halides is 3. The van der Waals surface area contributed by atoms with Crippen molar-refractivity contribution < 1.29 is 17.6 Å². The van der Waals surface area contributed by atoms with E-state index in [9.17, 15) is 18.4 Å². The molecule has 0 aliphatic heterocycles. The standard InChI is InChI=1S/C64H38F3N3O/c65-64(66,67)53-23-9-21-47(36-53)44-18-7-19-45(31-44)51-33-50(43-17-6-12-40(30-43)39-68)34-52(35-51)46-20-8-22-48(32-46)59-38-58(42-14-2-1-3-15-42)69-63(70-59)49-28-29-57-61(37-49)71-60-27-11-26-56(62(57)60)55-25-10-16-41-13-4-5-24-54(41)55/h1-38H. The Morgan fingerprint density at radius 3 is 1.65 bits per heavy atom. The summed E-state index contributed by atoms with van der Waals surface area (Å²) in [7, 11) is 0. The Hall–Kier alpha value is -9.38. The van der Waals surface area contributed by atoms with Crippen LogP contribution in [0.15, 0.2) is 235 Å². The second-order valence-electron chi connectivity index (χ2n) is 17.6. The third-order valence-corrected chi connectivity index (χ3v) is 13.1. The molecule has 0 atom stereocenters. The topological polar surface area (TPSA) is 62.7 Å². The zero-order chi connectivity index (χ0) is 48.1. The van der Waals surface area contributed by atoms with Crippen LogP contribution in [0.3, 0.4) is 0 Å². The first kappa shape index (κ1) is 42.9. The molecular formula is C64H38F3N3O. The predicted molar refractivity (Wildman–Crippen MR) is 280 cm³/mol. The minimum absolute atomic E-state index is 0.468. The highest BCUT2D eigenvalue weighted by atomic mass is 19.4. The molecule has 0 N–H and O–H groups in total. The molecule has 0 saturated heterocycles. The maximum atomic E-state index is 13.8. The molecule has 0 fully saturated rings. The fraction of sp³-hybridized carbons (Fsp3) is 0.0156. The maximum Gasteiger partial charge on any atom is 0.416 e. The largest absolute Gasteiger partial charge is 0.456 e. The van der Waals surface area contributed by atoms with Crippen molar-refractivity contribution in [2.24, 2.45) is 0 Å². The Bertz CT molecular complexity index is 4070. The predicted octanol–water partition coefficient (Wildman–Crippen LogP) is 17.8. The molecule has 0 amide bonds. The monoisotopic (exact) mass is 921 g/mol. The van der Waals surface area contributed by atoms with Crippen LogP contribution in [-0.4, -0.2) is 9.97 Å². The van der Waals surface area contributed by atoms with Crippen LogP contribution in [0.25, 0.3) is 122 Å². The zero-order valence-electron chi connectivity index (χ0n) is 37.8. The first-order valence-electron chi connectivity index (χ1n) is 23.2. The Kier molecular flexibility index (Phi) is 10.6. The number of furan rings is 1. The van der Waals surface area contributed by atoms with E-state index < -0.39 is 11.7 Å². The van der Waals surface area contributed by atoms with Crippen LogP contribution in [0.1, 0.15) is 11.1 Å². The summed E-state index contributed by atoms with van der Waals surface area (Å²) in [4.78, 5) is 10.4. The third kappa shape index (κ3) is 8.28. The molecule has 12 aromatic rings. The second-order valence-corrected chi connectivity index (χ2v) is 17.6. The first-order chi connectivity index (χ1) is 34.7. The summed E-state index contributed by atoms with van der Waals surface area (Å²) in [6.45, 7) is 0. The van der Waals surface area contributed by atoms with E-state index in [1.54, 1.807) is 12.1 Å². The number of fused-ring (bicyclic) bond motifs is 4. The van der Waals surface area contributed by atoms with E-state index in [2.05, 4.69) is 97.1 Å². The van der Waals surface area contributed by atoms with Gasteiger partial charge in [-0.1, -0.05) is 152 Å². The highest BCUT2D eigenvalue weighted by Crippen LogP contribution is 2.42. The van der Waals surface area contributed by atoms with Crippen molar-refractivity contribution in [1.29, 1.82) is 5.26 Å². The highest BCUT2D eigenvalue weighted by molar-refractivity contribution is 6.15. The van der Waals surface area contributed by atoms with Gasteiger partial charge >= 0.3 is 6.18 Å². The number of nitrogens with zero attached hydrogens (tertiary/aromatic N) is 3. The van der Waals surface area contributed by atoms with Crippen LogP contribution in [0.4, 0.5) is 13.2 Å². The molecule has 0 bridgehead atoms. The maximum absolute atomic E-state index is 13.8. The van der Waals surface area contributed by atoms with Crippen molar-refractivity contribution in [1.82, 2.24) is 9.97 Å². The van der Waals surface area contributed by atoms with Gasteiger partial charge in [-0.25, -0.2) is 9.97 Å². The Labute approximate surface area is 407 Å². The first-order valence-corrected chi connectivity index (χ1v) is 23.2. The van der Waals surface area contributed by atoms with Crippen molar-refractivity contribution in [3.8, 4) is 95.6 Å². The molecule has 336 valence electrons. The molecule has 0 spiro atoms. The number of aromatic nitrogens is 2. The minimum atomic E-state index is -4.46. The van der Waals surface area contributed by atoms with Gasteiger partial charge in [0.25, 0.3) is 0 Å². The average molecular weight is 922 g/mol. The van der Waals surface area contributed by atoms with Crippen LogP contribution < -0.4 is 0 Å². The molecule has 0 saturated carbocycles. The lowest BCUT2D eigenvalue weighted by atomic mass is 9.91. The van der Waals surface area contributed by atoms with Crippen LogP contribution in [0.5, 0.6) is 0 Å². The molecule has 2 aromatic heterocycles. The number of benzene rings is 10. The number of hydrogen-bond acceptors (Lipinski definition) is 4. The molecule has 10 aromatic carbocycles. The molecule has 12 rings (SSSR count). The zero-order valence-corrected chi connectivity index (χ0v) is 37.8. The number of halogens is 3. The molecule has 71 heavy (non-hydrogen) atoms. The Morgan fingerprint density at radius 2 is 0.915 bits per heavy atom. The highest BCUT2D eigenvalue weighted by Gasteiger charge is 2.30. The van der Waals surface area contributed by atoms with Crippen molar-refractivity contribution in [2.75, 3.05) is 0 Å². The van der Waals surface area contributed by atoms with Crippen molar-refractivity contribution in [3.05, 3.63) is 242 Å². The lowest BCUT2D eigenvalue weighted by molar-refractivity contribution is -0.137. The van der Waals surface area contributed by atoms with Crippen LogP contribution in [0, 0.1) is 11.3 Å². The summed E-state index contributed by atoms with van der Waals surface area (Å²) >= 11 is 0. The van der Waals surface area contributed by atoms with E-state index in [1.165, 1.54) is 22.9 Å². The SMILES string of the molecule is N#Cc1cccc(-c2cc(-c3cccc(-c4cccc(C(F)(F)F)c4)c3)cc(-c3cccc(-c4cc(-c5ccccc5)nc(-c5ccc6c(c5)oc5cccc(-c7cccc8ccccc78)c56)n4)c3)c2)c1. The van der Waals surface area contributed by atoms with Crippen molar-refractivity contribution >= 4 is 32.7 Å². The van der Waals surface area contributed by atoms with Gasteiger partial charge in [-0.15, -0.1) is 0 Å². The Morgan fingerprint density at radius 1 is 0.380 bits per heavy atom. The quantitative estimate of drug-likeness (QED) is 0.152. The lowest BCUT2D eigenvalue weighted by Gasteiger charge is -2.14. The summed E-state index contributed by atoms with van der Waals surface area (Å²) < 4.78 is 47.9. The van der Waals surface area contributed by atoms with Gasteiger partial charge in [-0.3, -0.25) is 0 Å². The lowest BCUT2D eigenvalue weighted by Crippen LogP contribution is -2.04. The van der Waals surface area contributed by atoms with Gasteiger partial charge in [-0.2, -0.15) is 18.4 Å². The fourth-order valence-corrected chi connectivity index (χ4v) is 9.64. The minimum Gasteiger partial charge on any atom is -0.456 e. The van der Waals surface area contributed by atoms with E-state index >= 15 is 0 Å². The number of hydrogen-bond donors (Lipinski definition) is 0. The summed E-state index contributed by atoms with van der Waals surface area (Å²) in [6, 6.07) is 76.5. The van der Waals surface area contributed by atoms with Gasteiger partial charge in [0, 0.05) is 27.5 Å². The van der Waals surface area contributed by atoms with Gasteiger partial charge < -0.3 is 4.42 Å². The molecule has 7 heteroatoms. The van der Waals surface area contributed by atoms with E-state index in [0.29, 0.717) is 22.5 Å². The van der Waals surface area contributed by atoms with Crippen molar-refractivity contribution in [2.45, 2.75) is 6.18 Å².